The monoisotopic (exact) mass is 349 g/mol. The molecule has 142 valence electrons. The molecule has 2 atom stereocenters. The summed E-state index contributed by atoms with van der Waals surface area (Å²) in [6.07, 6.45) is 0.619. The third-order valence-corrected chi connectivity index (χ3v) is 4.48. The molecule has 4 heteroatoms. The lowest BCUT2D eigenvalue weighted by atomic mass is 9.86. The van der Waals surface area contributed by atoms with Gasteiger partial charge >= 0.3 is 0 Å². The van der Waals surface area contributed by atoms with Gasteiger partial charge < -0.3 is 14.2 Å². The van der Waals surface area contributed by atoms with Gasteiger partial charge in [0.05, 0.1) is 25.4 Å². The van der Waals surface area contributed by atoms with E-state index in [1.165, 1.54) is 11.1 Å². The van der Waals surface area contributed by atoms with E-state index in [4.69, 9.17) is 14.2 Å². The molecule has 4 nitrogen and oxygen atoms in total. The maximum atomic E-state index is 6.01. The van der Waals surface area contributed by atoms with Crippen molar-refractivity contribution in [1.82, 2.24) is 4.90 Å². The van der Waals surface area contributed by atoms with E-state index in [2.05, 4.69) is 64.6 Å². The van der Waals surface area contributed by atoms with Gasteiger partial charge in [0.2, 0.25) is 0 Å². The molecular weight excluding hydrogens is 314 g/mol. The van der Waals surface area contributed by atoms with Crippen LogP contribution in [-0.4, -0.2) is 56.6 Å². The number of benzene rings is 1. The lowest BCUT2D eigenvalue weighted by Gasteiger charge is -2.35. The van der Waals surface area contributed by atoms with Crippen LogP contribution in [0.3, 0.4) is 0 Å². The average molecular weight is 350 g/mol. The highest BCUT2D eigenvalue weighted by Crippen LogP contribution is 2.32. The van der Waals surface area contributed by atoms with Gasteiger partial charge in [0.1, 0.15) is 12.4 Å². The summed E-state index contributed by atoms with van der Waals surface area (Å²) in [5.74, 6) is 0.979. The molecule has 0 aliphatic carbocycles. The van der Waals surface area contributed by atoms with E-state index >= 15 is 0 Å². The molecule has 1 saturated heterocycles. The first-order valence-electron chi connectivity index (χ1n) is 9.45. The van der Waals surface area contributed by atoms with Crippen molar-refractivity contribution in [2.45, 2.75) is 59.2 Å². The van der Waals surface area contributed by atoms with Gasteiger partial charge in [0.25, 0.3) is 0 Å². The number of nitrogens with zero attached hydrogens (tertiary/aromatic N) is 1. The van der Waals surface area contributed by atoms with Crippen molar-refractivity contribution < 1.29 is 14.2 Å². The molecule has 25 heavy (non-hydrogen) atoms. The highest BCUT2D eigenvalue weighted by atomic mass is 16.5. The predicted octanol–water partition coefficient (Wildman–Crippen LogP) is 3.80. The molecule has 1 fully saturated rings. The summed E-state index contributed by atoms with van der Waals surface area (Å²) in [5, 5.41) is 0. The number of ether oxygens (including phenoxy) is 3. The topological polar surface area (TPSA) is 30.9 Å². The average Bonchev–Trinajstić information content (AvgIpc) is 2.48. The standard InChI is InChI=1S/C21H35NO3/c1-16-7-8-19(21(4,5)6)20(13-16)24-12-11-23-10-9-22-14-17(2)25-18(3)15-22/h7-8,13,17-18H,9-12,14-15H2,1-6H3/t17-,18-/m1/s1. The first-order chi connectivity index (χ1) is 11.8. The Labute approximate surface area is 153 Å². The second-order valence-electron chi connectivity index (χ2n) is 8.23. The van der Waals surface area contributed by atoms with Crippen LogP contribution in [0, 0.1) is 6.92 Å². The van der Waals surface area contributed by atoms with Crippen LogP contribution < -0.4 is 4.74 Å². The van der Waals surface area contributed by atoms with E-state index in [-0.39, 0.29) is 5.41 Å². The van der Waals surface area contributed by atoms with E-state index in [0.29, 0.717) is 25.4 Å². The summed E-state index contributed by atoms with van der Waals surface area (Å²) in [5.41, 5.74) is 2.54. The largest absolute Gasteiger partial charge is 0.491 e. The number of hydrogen-bond donors (Lipinski definition) is 0. The van der Waals surface area contributed by atoms with Gasteiger partial charge in [-0.3, -0.25) is 4.90 Å². The molecule has 1 aliphatic heterocycles. The van der Waals surface area contributed by atoms with Crippen molar-refractivity contribution in [1.29, 1.82) is 0 Å². The fraction of sp³-hybridized carbons (Fsp3) is 0.714. The van der Waals surface area contributed by atoms with Gasteiger partial charge in [-0.1, -0.05) is 32.9 Å². The Balaban J connectivity index is 1.70. The van der Waals surface area contributed by atoms with E-state index in [1.54, 1.807) is 0 Å². The summed E-state index contributed by atoms with van der Waals surface area (Å²) in [6, 6.07) is 6.44. The third kappa shape index (κ3) is 6.61. The molecule has 0 unspecified atom stereocenters. The van der Waals surface area contributed by atoms with Crippen LogP contribution in [0.4, 0.5) is 0 Å². The minimum absolute atomic E-state index is 0.0770. The van der Waals surface area contributed by atoms with E-state index in [0.717, 1.165) is 32.0 Å². The molecule has 0 saturated carbocycles. The normalized spacial score (nSPS) is 22.2. The van der Waals surface area contributed by atoms with E-state index in [9.17, 15) is 0 Å². The van der Waals surface area contributed by atoms with Crippen molar-refractivity contribution in [3.05, 3.63) is 29.3 Å². The molecule has 2 rings (SSSR count). The molecule has 1 heterocycles. The van der Waals surface area contributed by atoms with E-state index in [1.807, 2.05) is 0 Å². The number of morpholine rings is 1. The Kier molecular flexibility index (Phi) is 7.29. The first-order valence-corrected chi connectivity index (χ1v) is 9.45. The molecule has 1 aliphatic rings. The lowest BCUT2D eigenvalue weighted by Crippen LogP contribution is -2.46. The van der Waals surface area contributed by atoms with Gasteiger partial charge in [-0.2, -0.15) is 0 Å². The van der Waals surface area contributed by atoms with Gasteiger partial charge in [-0.05, 0) is 43.4 Å². The van der Waals surface area contributed by atoms with Crippen LogP contribution in [0.2, 0.25) is 0 Å². The number of aryl methyl sites for hydroxylation is 1. The molecule has 1 aromatic carbocycles. The van der Waals surface area contributed by atoms with Gasteiger partial charge in [0.15, 0.2) is 0 Å². The molecule has 0 bridgehead atoms. The zero-order chi connectivity index (χ0) is 18.4. The Morgan fingerprint density at radius 1 is 1.08 bits per heavy atom. The minimum Gasteiger partial charge on any atom is -0.491 e. The molecular formula is C21H35NO3. The third-order valence-electron chi connectivity index (χ3n) is 4.48. The van der Waals surface area contributed by atoms with Crippen molar-refractivity contribution in [3.63, 3.8) is 0 Å². The van der Waals surface area contributed by atoms with Crippen LogP contribution in [0.5, 0.6) is 5.75 Å². The molecule has 0 radical (unpaired) electrons. The molecule has 1 aromatic rings. The van der Waals surface area contributed by atoms with Crippen LogP contribution >= 0.6 is 0 Å². The fourth-order valence-electron chi connectivity index (χ4n) is 3.34. The van der Waals surface area contributed by atoms with Crippen molar-refractivity contribution in [3.8, 4) is 5.75 Å². The molecule has 0 amide bonds. The van der Waals surface area contributed by atoms with Crippen molar-refractivity contribution >= 4 is 0 Å². The molecule has 0 aromatic heterocycles. The SMILES string of the molecule is Cc1ccc(C(C)(C)C)c(OCCOCCN2C[C@@H](C)O[C@H](C)C2)c1. The lowest BCUT2D eigenvalue weighted by molar-refractivity contribution is -0.0734. The van der Waals surface area contributed by atoms with Crippen LogP contribution in [-0.2, 0) is 14.9 Å². The second-order valence-corrected chi connectivity index (χ2v) is 8.23. The maximum absolute atomic E-state index is 6.01. The zero-order valence-corrected chi connectivity index (χ0v) is 16.8. The smallest absolute Gasteiger partial charge is 0.123 e. The summed E-state index contributed by atoms with van der Waals surface area (Å²) >= 11 is 0. The highest BCUT2D eigenvalue weighted by molar-refractivity contribution is 5.41. The summed E-state index contributed by atoms with van der Waals surface area (Å²) < 4.78 is 17.5. The molecule has 0 N–H and O–H groups in total. The predicted molar refractivity (Wildman–Crippen MR) is 103 cm³/mol. The number of hydrogen-bond acceptors (Lipinski definition) is 4. The van der Waals surface area contributed by atoms with Crippen molar-refractivity contribution in [2.24, 2.45) is 0 Å². The van der Waals surface area contributed by atoms with Gasteiger partial charge in [0, 0.05) is 19.6 Å². The Hall–Kier alpha value is -1.10. The first kappa shape index (κ1) is 20.2. The van der Waals surface area contributed by atoms with E-state index < -0.39 is 0 Å². The number of rotatable bonds is 7. The second kappa shape index (κ2) is 9.02. The van der Waals surface area contributed by atoms with Crippen LogP contribution in [0.25, 0.3) is 0 Å². The molecule has 0 spiro atoms. The Morgan fingerprint density at radius 2 is 1.76 bits per heavy atom. The summed E-state index contributed by atoms with van der Waals surface area (Å²) in [6.45, 7) is 17.9. The van der Waals surface area contributed by atoms with Gasteiger partial charge in [-0.25, -0.2) is 0 Å². The van der Waals surface area contributed by atoms with Crippen LogP contribution in [0.15, 0.2) is 18.2 Å². The zero-order valence-electron chi connectivity index (χ0n) is 16.8. The Bertz CT molecular complexity index is 528. The summed E-state index contributed by atoms with van der Waals surface area (Å²) in [4.78, 5) is 2.41. The Morgan fingerprint density at radius 3 is 2.40 bits per heavy atom. The fourth-order valence-corrected chi connectivity index (χ4v) is 3.34. The van der Waals surface area contributed by atoms with Gasteiger partial charge in [-0.15, -0.1) is 0 Å². The quantitative estimate of drug-likeness (QED) is 0.701. The van der Waals surface area contributed by atoms with Crippen LogP contribution in [0.1, 0.15) is 45.7 Å². The maximum Gasteiger partial charge on any atom is 0.123 e. The highest BCUT2D eigenvalue weighted by Gasteiger charge is 2.21. The van der Waals surface area contributed by atoms with Crippen molar-refractivity contribution in [2.75, 3.05) is 39.5 Å². The summed E-state index contributed by atoms with van der Waals surface area (Å²) in [7, 11) is 0. The minimum atomic E-state index is 0.0770.